The highest BCUT2D eigenvalue weighted by atomic mass is 16.6. The number of rotatable bonds is 6. The van der Waals surface area contributed by atoms with Gasteiger partial charge < -0.3 is 9.47 Å². The van der Waals surface area contributed by atoms with Crippen LogP contribution >= 0.6 is 0 Å². The number of nitrogens with zero attached hydrogens (tertiary/aromatic N) is 2. The molecule has 0 aliphatic rings. The molecule has 7 nitrogen and oxygen atoms in total. The number of nitro groups is 1. The Balaban J connectivity index is 2.23. The van der Waals surface area contributed by atoms with Gasteiger partial charge in [-0.05, 0) is 25.1 Å². The number of nitrogens with one attached hydrogen (secondary N) is 1. The van der Waals surface area contributed by atoms with Crippen LogP contribution in [0.3, 0.4) is 0 Å². The van der Waals surface area contributed by atoms with Gasteiger partial charge in [0, 0.05) is 23.8 Å². The van der Waals surface area contributed by atoms with Gasteiger partial charge in [-0.15, -0.1) is 0 Å². The lowest BCUT2D eigenvalue weighted by Gasteiger charge is -2.10. The average Bonchev–Trinajstić information content (AvgIpc) is 2.59. The Morgan fingerprint density at radius 3 is 2.61 bits per heavy atom. The molecule has 0 aromatic heterocycles. The van der Waals surface area contributed by atoms with Crippen molar-refractivity contribution in [2.24, 2.45) is 5.10 Å². The van der Waals surface area contributed by atoms with Gasteiger partial charge in [-0.3, -0.25) is 15.5 Å². The zero-order chi connectivity index (χ0) is 16.8. The van der Waals surface area contributed by atoms with Crippen molar-refractivity contribution in [2.75, 3.05) is 19.6 Å². The van der Waals surface area contributed by atoms with Crippen LogP contribution in [0.25, 0.3) is 0 Å². The second kappa shape index (κ2) is 7.26. The first-order valence-corrected chi connectivity index (χ1v) is 6.82. The molecule has 0 amide bonds. The molecule has 0 saturated heterocycles. The summed E-state index contributed by atoms with van der Waals surface area (Å²) in [5, 5.41) is 15.0. The molecule has 2 rings (SSSR count). The van der Waals surface area contributed by atoms with Crippen molar-refractivity contribution in [3.05, 3.63) is 58.1 Å². The maximum absolute atomic E-state index is 10.8. The van der Waals surface area contributed by atoms with Crippen molar-refractivity contribution < 1.29 is 14.4 Å². The first-order chi connectivity index (χ1) is 11.0. The summed E-state index contributed by atoms with van der Waals surface area (Å²) >= 11 is 0. The third kappa shape index (κ3) is 3.97. The highest BCUT2D eigenvalue weighted by Crippen LogP contribution is 2.25. The van der Waals surface area contributed by atoms with E-state index in [1.807, 2.05) is 19.1 Å². The zero-order valence-electron chi connectivity index (χ0n) is 13.1. The van der Waals surface area contributed by atoms with Crippen LogP contribution in [0.15, 0.2) is 47.6 Å². The standard InChI is InChI=1S/C16H17N3O4/c1-11(15-8-7-14(22-2)10-16(15)23-3)17-18-12-5-4-6-13(9-12)19(20)21/h4-10,18H,1-3H3/b17-11-. The third-order valence-corrected chi connectivity index (χ3v) is 3.21. The quantitative estimate of drug-likeness (QED) is 0.501. The largest absolute Gasteiger partial charge is 0.497 e. The second-order valence-electron chi connectivity index (χ2n) is 4.68. The molecule has 0 fully saturated rings. The molecule has 0 bridgehead atoms. The predicted molar refractivity (Wildman–Crippen MR) is 88.5 cm³/mol. The number of nitro benzene ring substituents is 1. The summed E-state index contributed by atoms with van der Waals surface area (Å²) in [4.78, 5) is 10.3. The molecule has 7 heteroatoms. The molecule has 2 aromatic carbocycles. The van der Waals surface area contributed by atoms with Crippen LogP contribution in [0, 0.1) is 10.1 Å². The van der Waals surface area contributed by atoms with E-state index in [1.165, 1.54) is 12.1 Å². The molecule has 0 atom stereocenters. The zero-order valence-corrected chi connectivity index (χ0v) is 13.1. The molecule has 0 spiro atoms. The second-order valence-corrected chi connectivity index (χ2v) is 4.68. The fourth-order valence-electron chi connectivity index (χ4n) is 2.00. The number of hydrogen-bond acceptors (Lipinski definition) is 6. The van der Waals surface area contributed by atoms with E-state index in [4.69, 9.17) is 9.47 Å². The highest BCUT2D eigenvalue weighted by molar-refractivity contribution is 6.01. The Hall–Kier alpha value is -3.09. The Bertz CT molecular complexity index is 744. The molecule has 0 heterocycles. The molecule has 0 unspecified atom stereocenters. The fraction of sp³-hybridized carbons (Fsp3) is 0.188. The minimum Gasteiger partial charge on any atom is -0.497 e. The number of anilines is 1. The van der Waals surface area contributed by atoms with Crippen molar-refractivity contribution in [1.29, 1.82) is 0 Å². The number of ether oxygens (including phenoxy) is 2. The minimum atomic E-state index is -0.450. The van der Waals surface area contributed by atoms with Crippen LogP contribution in [-0.2, 0) is 0 Å². The lowest BCUT2D eigenvalue weighted by molar-refractivity contribution is -0.384. The van der Waals surface area contributed by atoms with Crippen LogP contribution < -0.4 is 14.9 Å². The van der Waals surface area contributed by atoms with Gasteiger partial charge in [0.15, 0.2) is 0 Å². The normalized spacial score (nSPS) is 11.0. The van der Waals surface area contributed by atoms with Crippen LogP contribution in [0.1, 0.15) is 12.5 Å². The number of benzene rings is 2. The van der Waals surface area contributed by atoms with Gasteiger partial charge in [0.25, 0.3) is 5.69 Å². The van der Waals surface area contributed by atoms with E-state index in [-0.39, 0.29) is 5.69 Å². The van der Waals surface area contributed by atoms with Gasteiger partial charge in [-0.1, -0.05) is 6.07 Å². The molecule has 0 aliphatic heterocycles. The monoisotopic (exact) mass is 315 g/mol. The summed E-state index contributed by atoms with van der Waals surface area (Å²) in [6, 6.07) is 11.6. The van der Waals surface area contributed by atoms with Gasteiger partial charge in [-0.25, -0.2) is 0 Å². The van der Waals surface area contributed by atoms with Crippen molar-refractivity contribution in [3.63, 3.8) is 0 Å². The third-order valence-electron chi connectivity index (χ3n) is 3.21. The number of methoxy groups -OCH3 is 2. The van der Waals surface area contributed by atoms with Crippen LogP contribution in [-0.4, -0.2) is 24.9 Å². The SMILES string of the molecule is COc1ccc(/C(C)=N\Nc2cccc([N+](=O)[O-])c2)c(OC)c1. The molecule has 0 aliphatic carbocycles. The van der Waals surface area contributed by atoms with E-state index in [2.05, 4.69) is 10.5 Å². The van der Waals surface area contributed by atoms with Gasteiger partial charge in [0.1, 0.15) is 11.5 Å². The van der Waals surface area contributed by atoms with Crippen LogP contribution in [0.4, 0.5) is 11.4 Å². The van der Waals surface area contributed by atoms with E-state index in [0.29, 0.717) is 22.9 Å². The molecule has 0 saturated carbocycles. The van der Waals surface area contributed by atoms with Crippen molar-refractivity contribution in [3.8, 4) is 11.5 Å². The van der Waals surface area contributed by atoms with Crippen molar-refractivity contribution >= 4 is 17.1 Å². The Morgan fingerprint density at radius 1 is 1.17 bits per heavy atom. The summed E-state index contributed by atoms with van der Waals surface area (Å²) in [5.74, 6) is 1.32. The average molecular weight is 315 g/mol. The molecular weight excluding hydrogens is 298 g/mol. The predicted octanol–water partition coefficient (Wildman–Crippen LogP) is 3.45. The van der Waals surface area contributed by atoms with Crippen LogP contribution in [0.5, 0.6) is 11.5 Å². The summed E-state index contributed by atoms with van der Waals surface area (Å²) in [5.41, 5.74) is 4.83. The maximum atomic E-state index is 10.8. The lowest BCUT2D eigenvalue weighted by atomic mass is 10.1. The summed E-state index contributed by atoms with van der Waals surface area (Å²) in [7, 11) is 3.15. The summed E-state index contributed by atoms with van der Waals surface area (Å²) < 4.78 is 10.5. The topological polar surface area (TPSA) is 86.0 Å². The number of hydrogen-bond donors (Lipinski definition) is 1. The van der Waals surface area contributed by atoms with Crippen molar-refractivity contribution in [1.82, 2.24) is 0 Å². The molecule has 1 N–H and O–H groups in total. The summed E-state index contributed by atoms with van der Waals surface area (Å²) in [6.45, 7) is 1.81. The fourth-order valence-corrected chi connectivity index (χ4v) is 2.00. The molecule has 0 radical (unpaired) electrons. The van der Waals surface area contributed by atoms with Gasteiger partial charge in [-0.2, -0.15) is 5.10 Å². The van der Waals surface area contributed by atoms with Crippen LogP contribution in [0.2, 0.25) is 0 Å². The maximum Gasteiger partial charge on any atom is 0.271 e. The number of hydrazone groups is 1. The van der Waals surface area contributed by atoms with Gasteiger partial charge >= 0.3 is 0 Å². The summed E-state index contributed by atoms with van der Waals surface area (Å²) in [6.07, 6.45) is 0. The first-order valence-electron chi connectivity index (χ1n) is 6.82. The van der Waals surface area contributed by atoms with E-state index in [1.54, 1.807) is 32.4 Å². The lowest BCUT2D eigenvalue weighted by Crippen LogP contribution is -2.03. The minimum absolute atomic E-state index is 0.00452. The number of non-ortho nitro benzene ring substituents is 1. The van der Waals surface area contributed by atoms with Gasteiger partial charge in [0.05, 0.1) is 30.5 Å². The molecular formula is C16H17N3O4. The van der Waals surface area contributed by atoms with Gasteiger partial charge in [0.2, 0.25) is 0 Å². The molecule has 2 aromatic rings. The molecule has 120 valence electrons. The Kier molecular flexibility index (Phi) is 5.14. The van der Waals surface area contributed by atoms with E-state index < -0.39 is 4.92 Å². The Morgan fingerprint density at radius 2 is 1.96 bits per heavy atom. The van der Waals surface area contributed by atoms with E-state index in [9.17, 15) is 10.1 Å². The van der Waals surface area contributed by atoms with E-state index >= 15 is 0 Å². The highest BCUT2D eigenvalue weighted by Gasteiger charge is 2.09. The molecule has 23 heavy (non-hydrogen) atoms. The Labute approximate surface area is 133 Å². The first kappa shape index (κ1) is 16.3. The van der Waals surface area contributed by atoms with Crippen molar-refractivity contribution in [2.45, 2.75) is 6.92 Å². The smallest absolute Gasteiger partial charge is 0.271 e. The van der Waals surface area contributed by atoms with E-state index in [0.717, 1.165) is 5.56 Å².